The maximum atomic E-state index is 12.7. The highest BCUT2D eigenvalue weighted by molar-refractivity contribution is 5.65. The molecule has 0 aliphatic carbocycles. The van der Waals surface area contributed by atoms with Gasteiger partial charge in [0.1, 0.15) is 0 Å². The maximum absolute atomic E-state index is 12.7. The first kappa shape index (κ1) is 14.3. The number of hydrogen-bond donors (Lipinski definition) is 0. The zero-order valence-corrected chi connectivity index (χ0v) is 9.55. The average Bonchev–Trinajstić information content (AvgIpc) is 2.37. The van der Waals surface area contributed by atoms with Crippen LogP contribution < -0.4 is 0 Å². The zero-order chi connectivity index (χ0) is 15.0. The molecule has 0 atom stereocenters. The SMILES string of the molecule is FC(F)(F)c1ccc(-c2cn[c]nc2C(F)(F)F)cc1. The van der Waals surface area contributed by atoms with Gasteiger partial charge < -0.3 is 0 Å². The number of alkyl halides is 6. The van der Waals surface area contributed by atoms with Crippen LogP contribution in [0, 0.1) is 6.33 Å². The largest absolute Gasteiger partial charge is 0.434 e. The van der Waals surface area contributed by atoms with Gasteiger partial charge in [-0.2, -0.15) is 26.3 Å². The Morgan fingerprint density at radius 3 is 1.95 bits per heavy atom. The molecule has 0 amide bonds. The van der Waals surface area contributed by atoms with Gasteiger partial charge in [-0.1, -0.05) is 12.1 Å². The predicted octanol–water partition coefficient (Wildman–Crippen LogP) is 3.98. The lowest BCUT2D eigenvalue weighted by Gasteiger charge is -2.11. The lowest BCUT2D eigenvalue weighted by Crippen LogP contribution is -2.10. The molecule has 8 heteroatoms. The fourth-order valence-electron chi connectivity index (χ4n) is 1.56. The molecule has 0 bridgehead atoms. The van der Waals surface area contributed by atoms with Crippen molar-refractivity contribution in [2.24, 2.45) is 0 Å². The Bertz CT molecular complexity index is 601. The van der Waals surface area contributed by atoms with E-state index in [4.69, 9.17) is 0 Å². The topological polar surface area (TPSA) is 25.8 Å². The standard InChI is InChI=1S/C12H5F6N2/c13-11(14,15)8-3-1-7(2-4-8)9-5-19-6-20-10(9)12(16,17)18/h1-5H. The van der Waals surface area contributed by atoms with E-state index >= 15 is 0 Å². The summed E-state index contributed by atoms with van der Waals surface area (Å²) in [5.41, 5.74) is -2.64. The van der Waals surface area contributed by atoms with Crippen LogP contribution in [0.2, 0.25) is 0 Å². The predicted molar refractivity (Wildman–Crippen MR) is 56.3 cm³/mol. The van der Waals surface area contributed by atoms with Crippen molar-refractivity contribution in [1.29, 1.82) is 0 Å². The van der Waals surface area contributed by atoms with Crippen molar-refractivity contribution >= 4 is 0 Å². The van der Waals surface area contributed by atoms with Crippen LogP contribution in [0.25, 0.3) is 11.1 Å². The zero-order valence-electron chi connectivity index (χ0n) is 9.55. The van der Waals surface area contributed by atoms with E-state index in [1.807, 2.05) is 6.33 Å². The van der Waals surface area contributed by atoms with Crippen LogP contribution in [-0.4, -0.2) is 9.97 Å². The van der Waals surface area contributed by atoms with Crippen LogP contribution in [0.1, 0.15) is 11.3 Å². The van der Waals surface area contributed by atoms with Gasteiger partial charge in [0.15, 0.2) is 12.0 Å². The molecule has 0 aliphatic rings. The molecule has 0 saturated heterocycles. The number of halogens is 6. The van der Waals surface area contributed by atoms with E-state index in [1.54, 1.807) is 0 Å². The van der Waals surface area contributed by atoms with Crippen LogP contribution >= 0.6 is 0 Å². The number of rotatable bonds is 1. The molecule has 105 valence electrons. The van der Waals surface area contributed by atoms with E-state index in [9.17, 15) is 26.3 Å². The highest BCUT2D eigenvalue weighted by Gasteiger charge is 2.36. The van der Waals surface area contributed by atoms with Crippen LogP contribution in [0.5, 0.6) is 0 Å². The van der Waals surface area contributed by atoms with Crippen LogP contribution in [0.4, 0.5) is 26.3 Å². The van der Waals surface area contributed by atoms with E-state index in [0.29, 0.717) is 12.1 Å². The summed E-state index contributed by atoms with van der Waals surface area (Å²) in [5.74, 6) is 0. The van der Waals surface area contributed by atoms with Gasteiger partial charge in [0, 0.05) is 11.8 Å². The van der Waals surface area contributed by atoms with Gasteiger partial charge in [-0.3, -0.25) is 0 Å². The molecule has 2 rings (SSSR count). The summed E-state index contributed by atoms with van der Waals surface area (Å²) in [6.07, 6.45) is -6.62. The van der Waals surface area contributed by atoms with Crippen LogP contribution in [-0.2, 0) is 12.4 Å². The van der Waals surface area contributed by atoms with E-state index in [2.05, 4.69) is 9.97 Å². The van der Waals surface area contributed by atoms with E-state index in [-0.39, 0.29) is 5.56 Å². The summed E-state index contributed by atoms with van der Waals surface area (Å²) in [5, 5.41) is 0. The number of benzene rings is 1. The maximum Gasteiger partial charge on any atom is 0.434 e. The van der Waals surface area contributed by atoms with Gasteiger partial charge in [0.25, 0.3) is 0 Å². The Hall–Kier alpha value is -2.12. The minimum Gasteiger partial charge on any atom is -0.233 e. The highest BCUT2D eigenvalue weighted by Crippen LogP contribution is 2.36. The first-order chi connectivity index (χ1) is 9.19. The second-order valence-electron chi connectivity index (χ2n) is 3.81. The van der Waals surface area contributed by atoms with Gasteiger partial charge in [0.2, 0.25) is 0 Å². The van der Waals surface area contributed by atoms with Crippen LogP contribution in [0.3, 0.4) is 0 Å². The summed E-state index contributed by atoms with van der Waals surface area (Å²) in [7, 11) is 0. The molecule has 1 aromatic heterocycles. The molecule has 20 heavy (non-hydrogen) atoms. The quantitative estimate of drug-likeness (QED) is 0.743. The van der Waals surface area contributed by atoms with Gasteiger partial charge in [-0.05, 0) is 17.7 Å². The van der Waals surface area contributed by atoms with E-state index in [1.165, 1.54) is 0 Å². The summed E-state index contributed by atoms with van der Waals surface area (Å²) in [6.45, 7) is 0. The van der Waals surface area contributed by atoms with Crippen LogP contribution in [0.15, 0.2) is 30.5 Å². The molecule has 1 radical (unpaired) electrons. The van der Waals surface area contributed by atoms with Crippen molar-refractivity contribution in [3.05, 3.63) is 48.0 Å². The lowest BCUT2D eigenvalue weighted by molar-refractivity contribution is -0.141. The van der Waals surface area contributed by atoms with E-state index < -0.39 is 29.2 Å². The van der Waals surface area contributed by atoms with Crippen molar-refractivity contribution in [2.75, 3.05) is 0 Å². The molecular formula is C12H5F6N2. The van der Waals surface area contributed by atoms with Gasteiger partial charge in [-0.25, -0.2) is 9.97 Å². The Kier molecular flexibility index (Phi) is 3.41. The van der Waals surface area contributed by atoms with Gasteiger partial charge in [0.05, 0.1) is 5.56 Å². The number of aromatic nitrogens is 2. The lowest BCUT2D eigenvalue weighted by atomic mass is 10.0. The number of nitrogens with zero attached hydrogens (tertiary/aromatic N) is 2. The molecule has 0 fully saturated rings. The molecule has 2 nitrogen and oxygen atoms in total. The Balaban J connectivity index is 2.48. The fraction of sp³-hybridized carbons (Fsp3) is 0.167. The van der Waals surface area contributed by atoms with Crippen molar-refractivity contribution in [2.45, 2.75) is 12.4 Å². The van der Waals surface area contributed by atoms with Crippen molar-refractivity contribution < 1.29 is 26.3 Å². The van der Waals surface area contributed by atoms with Gasteiger partial charge >= 0.3 is 12.4 Å². The van der Waals surface area contributed by atoms with Crippen molar-refractivity contribution in [1.82, 2.24) is 9.97 Å². The summed E-state index contributed by atoms with van der Waals surface area (Å²) in [4.78, 5) is 6.36. The molecule has 0 spiro atoms. The Morgan fingerprint density at radius 2 is 1.45 bits per heavy atom. The molecule has 0 unspecified atom stereocenters. The first-order valence-corrected chi connectivity index (χ1v) is 5.17. The van der Waals surface area contributed by atoms with E-state index in [0.717, 1.165) is 18.3 Å². The van der Waals surface area contributed by atoms with Crippen molar-refractivity contribution in [3.63, 3.8) is 0 Å². The highest BCUT2D eigenvalue weighted by atomic mass is 19.4. The first-order valence-electron chi connectivity index (χ1n) is 5.17. The van der Waals surface area contributed by atoms with Crippen molar-refractivity contribution in [3.8, 4) is 11.1 Å². The second-order valence-corrected chi connectivity index (χ2v) is 3.81. The Labute approximate surface area is 109 Å². The second kappa shape index (κ2) is 4.77. The summed E-state index contributed by atoms with van der Waals surface area (Å²) >= 11 is 0. The molecule has 1 aromatic carbocycles. The average molecular weight is 291 g/mol. The normalized spacial score (nSPS) is 12.5. The molecular weight excluding hydrogens is 286 g/mol. The molecule has 2 aromatic rings. The Morgan fingerprint density at radius 1 is 0.850 bits per heavy atom. The molecule has 0 aliphatic heterocycles. The third kappa shape index (κ3) is 2.89. The fourth-order valence-corrected chi connectivity index (χ4v) is 1.56. The number of hydrogen-bond acceptors (Lipinski definition) is 2. The molecule has 1 heterocycles. The third-order valence-electron chi connectivity index (χ3n) is 2.46. The minimum absolute atomic E-state index is 0.0562. The molecule has 0 N–H and O–H groups in total. The smallest absolute Gasteiger partial charge is 0.233 e. The monoisotopic (exact) mass is 291 g/mol. The molecule has 0 saturated carbocycles. The minimum atomic E-state index is -4.74. The third-order valence-corrected chi connectivity index (χ3v) is 2.46. The summed E-state index contributed by atoms with van der Waals surface area (Å²) in [6, 6.07) is 3.28. The van der Waals surface area contributed by atoms with Gasteiger partial charge in [-0.15, -0.1) is 0 Å². The summed E-state index contributed by atoms with van der Waals surface area (Å²) < 4.78 is 75.3.